The van der Waals surface area contributed by atoms with E-state index in [0.717, 1.165) is 22.4 Å². The zero-order chi connectivity index (χ0) is 23.5. The van der Waals surface area contributed by atoms with Crippen LogP contribution in [-0.2, 0) is 16.2 Å². The lowest BCUT2D eigenvalue weighted by molar-refractivity contribution is -0.121. The standard InChI is InChI=1S/C26H26ClN3O3/c1-19-23(27)12-6-13-24(19)29-25(31)14-7-15-26(32)30-28-17-21-10-5-11-22(16-21)33-18-20-8-3-2-4-9-20/h2-6,8-13,16-17H,7,14-15,18H2,1H3,(H,29,31)(H,30,32)/b28-17-. The Labute approximate surface area is 198 Å². The van der Waals surface area contributed by atoms with Gasteiger partial charge < -0.3 is 10.1 Å². The van der Waals surface area contributed by atoms with Gasteiger partial charge in [0, 0.05) is 23.6 Å². The van der Waals surface area contributed by atoms with E-state index in [0.29, 0.717) is 23.7 Å². The van der Waals surface area contributed by atoms with Crippen molar-refractivity contribution in [3.8, 4) is 5.75 Å². The number of hydrogen-bond acceptors (Lipinski definition) is 4. The third-order valence-electron chi connectivity index (χ3n) is 4.86. The number of hydrogen-bond donors (Lipinski definition) is 2. The zero-order valence-electron chi connectivity index (χ0n) is 18.4. The smallest absolute Gasteiger partial charge is 0.240 e. The van der Waals surface area contributed by atoms with Crippen LogP contribution in [-0.4, -0.2) is 18.0 Å². The molecule has 2 amide bonds. The van der Waals surface area contributed by atoms with Crippen molar-refractivity contribution in [3.63, 3.8) is 0 Å². The SMILES string of the molecule is Cc1c(Cl)cccc1NC(=O)CCCC(=O)N/N=C\c1cccc(OCc2ccccc2)c1. The molecule has 7 heteroatoms. The molecule has 0 aliphatic rings. The third kappa shape index (κ3) is 8.09. The van der Waals surface area contributed by atoms with Crippen LogP contribution < -0.4 is 15.5 Å². The second-order valence-electron chi connectivity index (χ2n) is 7.45. The number of carbonyl (C=O) groups is 2. The number of nitrogens with zero attached hydrogens (tertiary/aromatic N) is 1. The van der Waals surface area contributed by atoms with Crippen molar-refractivity contribution in [1.29, 1.82) is 0 Å². The Hall–Kier alpha value is -3.64. The number of amides is 2. The molecule has 0 spiro atoms. The molecule has 3 rings (SSSR count). The van der Waals surface area contributed by atoms with E-state index in [1.807, 2.05) is 61.5 Å². The van der Waals surface area contributed by atoms with Gasteiger partial charge in [-0.3, -0.25) is 9.59 Å². The molecule has 33 heavy (non-hydrogen) atoms. The maximum atomic E-state index is 12.1. The monoisotopic (exact) mass is 463 g/mol. The summed E-state index contributed by atoms with van der Waals surface area (Å²) in [5, 5.41) is 7.41. The fourth-order valence-corrected chi connectivity index (χ4v) is 3.20. The minimum Gasteiger partial charge on any atom is -0.489 e. The molecule has 0 heterocycles. The molecule has 0 saturated carbocycles. The largest absolute Gasteiger partial charge is 0.489 e. The first-order valence-electron chi connectivity index (χ1n) is 10.6. The summed E-state index contributed by atoms with van der Waals surface area (Å²) in [6.45, 7) is 2.32. The van der Waals surface area contributed by atoms with E-state index in [9.17, 15) is 9.59 Å². The number of anilines is 1. The molecular weight excluding hydrogens is 438 g/mol. The quantitative estimate of drug-likeness (QED) is 0.308. The van der Waals surface area contributed by atoms with E-state index in [1.54, 1.807) is 24.4 Å². The Morgan fingerprint density at radius 2 is 1.73 bits per heavy atom. The molecule has 3 aromatic rings. The minimum absolute atomic E-state index is 0.163. The van der Waals surface area contributed by atoms with Gasteiger partial charge in [0.25, 0.3) is 0 Å². The summed E-state index contributed by atoms with van der Waals surface area (Å²) >= 11 is 6.06. The maximum Gasteiger partial charge on any atom is 0.240 e. The third-order valence-corrected chi connectivity index (χ3v) is 5.27. The van der Waals surface area contributed by atoms with Gasteiger partial charge in [0.15, 0.2) is 0 Å². The molecule has 6 nitrogen and oxygen atoms in total. The molecule has 0 unspecified atom stereocenters. The Morgan fingerprint density at radius 3 is 2.55 bits per heavy atom. The summed E-state index contributed by atoms with van der Waals surface area (Å²) in [5.74, 6) is 0.300. The van der Waals surface area contributed by atoms with E-state index in [1.165, 1.54) is 0 Å². The molecule has 170 valence electrons. The highest BCUT2D eigenvalue weighted by Gasteiger charge is 2.08. The molecule has 3 aromatic carbocycles. The second-order valence-corrected chi connectivity index (χ2v) is 7.86. The number of rotatable bonds is 10. The Balaban J connectivity index is 1.38. The molecule has 0 aliphatic carbocycles. The van der Waals surface area contributed by atoms with Crippen molar-refractivity contribution in [2.75, 3.05) is 5.32 Å². The van der Waals surface area contributed by atoms with Gasteiger partial charge in [-0.1, -0.05) is 60.1 Å². The van der Waals surface area contributed by atoms with Crippen molar-refractivity contribution in [2.45, 2.75) is 32.8 Å². The molecule has 0 aliphatic heterocycles. The van der Waals surface area contributed by atoms with Gasteiger partial charge in [-0.25, -0.2) is 5.43 Å². The number of benzene rings is 3. The first-order chi connectivity index (χ1) is 16.0. The van der Waals surface area contributed by atoms with Crippen LogP contribution in [0.3, 0.4) is 0 Å². The molecule has 0 aromatic heterocycles. The summed E-state index contributed by atoms with van der Waals surface area (Å²) in [5.41, 5.74) is 5.87. The van der Waals surface area contributed by atoms with Gasteiger partial charge in [-0.15, -0.1) is 0 Å². The Kier molecular flexibility index (Phi) is 9.03. The topological polar surface area (TPSA) is 79.8 Å². The van der Waals surface area contributed by atoms with Crippen LogP contribution in [0.2, 0.25) is 5.02 Å². The average molecular weight is 464 g/mol. The Morgan fingerprint density at radius 1 is 0.970 bits per heavy atom. The van der Waals surface area contributed by atoms with Crippen LogP contribution in [0.25, 0.3) is 0 Å². The highest BCUT2D eigenvalue weighted by molar-refractivity contribution is 6.31. The van der Waals surface area contributed by atoms with Gasteiger partial charge in [-0.05, 0) is 54.3 Å². The highest BCUT2D eigenvalue weighted by atomic mass is 35.5. The lowest BCUT2D eigenvalue weighted by Crippen LogP contribution is -2.18. The van der Waals surface area contributed by atoms with Crippen LogP contribution in [0, 0.1) is 6.92 Å². The van der Waals surface area contributed by atoms with Gasteiger partial charge in [0.2, 0.25) is 11.8 Å². The first kappa shape index (κ1) is 24.0. The number of halogens is 1. The average Bonchev–Trinajstić information content (AvgIpc) is 2.82. The molecule has 0 atom stereocenters. The van der Waals surface area contributed by atoms with Crippen molar-refractivity contribution in [1.82, 2.24) is 5.43 Å². The summed E-state index contributed by atoms with van der Waals surface area (Å²) in [6, 6.07) is 22.7. The van der Waals surface area contributed by atoms with Crippen LogP contribution in [0.15, 0.2) is 77.9 Å². The number of ether oxygens (including phenoxy) is 1. The van der Waals surface area contributed by atoms with Gasteiger partial charge in [0.1, 0.15) is 12.4 Å². The van der Waals surface area contributed by atoms with Crippen LogP contribution in [0.4, 0.5) is 5.69 Å². The molecule has 0 saturated heterocycles. The lowest BCUT2D eigenvalue weighted by Gasteiger charge is -2.09. The van der Waals surface area contributed by atoms with Crippen LogP contribution >= 0.6 is 11.6 Å². The van der Waals surface area contributed by atoms with E-state index < -0.39 is 0 Å². The van der Waals surface area contributed by atoms with Crippen molar-refractivity contribution in [2.24, 2.45) is 5.10 Å². The van der Waals surface area contributed by atoms with Crippen molar-refractivity contribution >= 4 is 35.3 Å². The van der Waals surface area contributed by atoms with Crippen LogP contribution in [0.1, 0.15) is 36.0 Å². The summed E-state index contributed by atoms with van der Waals surface area (Å²) in [6.07, 6.45) is 2.39. The van der Waals surface area contributed by atoms with E-state index >= 15 is 0 Å². The molecule has 0 bridgehead atoms. The van der Waals surface area contributed by atoms with E-state index in [-0.39, 0.29) is 24.7 Å². The fraction of sp³-hybridized carbons (Fsp3) is 0.192. The van der Waals surface area contributed by atoms with Gasteiger partial charge in [0.05, 0.1) is 6.21 Å². The zero-order valence-corrected chi connectivity index (χ0v) is 19.1. The molecule has 0 fully saturated rings. The highest BCUT2D eigenvalue weighted by Crippen LogP contribution is 2.23. The Bertz CT molecular complexity index is 1120. The summed E-state index contributed by atoms with van der Waals surface area (Å²) < 4.78 is 5.80. The summed E-state index contributed by atoms with van der Waals surface area (Å²) in [4.78, 5) is 24.1. The maximum absolute atomic E-state index is 12.1. The molecule has 0 radical (unpaired) electrons. The molecular formula is C26H26ClN3O3. The number of nitrogens with one attached hydrogen (secondary N) is 2. The normalized spacial score (nSPS) is 10.7. The van der Waals surface area contributed by atoms with E-state index in [4.69, 9.17) is 16.3 Å². The van der Waals surface area contributed by atoms with Crippen molar-refractivity contribution in [3.05, 3.63) is 94.5 Å². The van der Waals surface area contributed by atoms with Crippen LogP contribution in [0.5, 0.6) is 5.75 Å². The van der Waals surface area contributed by atoms with E-state index in [2.05, 4.69) is 15.8 Å². The predicted octanol–water partition coefficient (Wildman–Crippen LogP) is 5.49. The molecule has 2 N–H and O–H groups in total. The second kappa shape index (κ2) is 12.4. The van der Waals surface area contributed by atoms with Crippen molar-refractivity contribution < 1.29 is 14.3 Å². The summed E-state index contributed by atoms with van der Waals surface area (Å²) in [7, 11) is 0. The lowest BCUT2D eigenvalue weighted by atomic mass is 10.2. The number of hydrazone groups is 1. The first-order valence-corrected chi connectivity index (χ1v) is 11.0. The minimum atomic E-state index is -0.255. The number of carbonyl (C=O) groups excluding carboxylic acids is 2. The van der Waals surface area contributed by atoms with Gasteiger partial charge in [-0.2, -0.15) is 5.10 Å². The van der Waals surface area contributed by atoms with Gasteiger partial charge >= 0.3 is 0 Å². The predicted molar refractivity (Wildman–Crippen MR) is 132 cm³/mol. The fourth-order valence-electron chi connectivity index (χ4n) is 3.03.